The van der Waals surface area contributed by atoms with E-state index in [1.54, 1.807) is 18.3 Å². The van der Waals surface area contributed by atoms with Gasteiger partial charge in [0.15, 0.2) is 0 Å². The quantitative estimate of drug-likeness (QED) is 0.669. The van der Waals surface area contributed by atoms with E-state index < -0.39 is 5.97 Å². The number of pyridine rings is 1. The van der Waals surface area contributed by atoms with Crippen molar-refractivity contribution in [3.8, 4) is 0 Å². The van der Waals surface area contributed by atoms with Gasteiger partial charge in [0.2, 0.25) is 0 Å². The van der Waals surface area contributed by atoms with Crippen molar-refractivity contribution < 1.29 is 10.9 Å². The highest BCUT2D eigenvalue weighted by Crippen LogP contribution is 2.13. The van der Waals surface area contributed by atoms with Gasteiger partial charge in [0, 0.05) is 23.3 Å². The number of methoxy groups -OCH3 is 1. The predicted molar refractivity (Wildman–Crippen MR) is 47.4 cm³/mol. The van der Waals surface area contributed by atoms with E-state index in [2.05, 4.69) is 14.7 Å². The molecule has 66 valence electrons. The van der Waals surface area contributed by atoms with Crippen molar-refractivity contribution in [2.45, 2.75) is 0 Å². The Morgan fingerprint density at radius 1 is 1.77 bits per heavy atom. The average molecular weight is 177 g/mol. The summed E-state index contributed by atoms with van der Waals surface area (Å²) < 4.78 is 11.8. The van der Waals surface area contributed by atoms with Crippen LogP contribution in [0.25, 0.3) is 10.9 Å². The topological polar surface area (TPSA) is 55.0 Å². The van der Waals surface area contributed by atoms with Gasteiger partial charge in [0.1, 0.15) is 5.69 Å². The van der Waals surface area contributed by atoms with Gasteiger partial charge in [-0.15, -0.1) is 0 Å². The number of nitrogens with zero attached hydrogens (tertiary/aromatic N) is 1. The number of nitrogens with one attached hydrogen (secondary N) is 1. The molecule has 0 atom stereocenters. The molecule has 0 fully saturated rings. The molecule has 2 heterocycles. The van der Waals surface area contributed by atoms with Gasteiger partial charge < -0.3 is 9.72 Å². The van der Waals surface area contributed by atoms with E-state index in [0.717, 1.165) is 5.39 Å². The first-order valence-electron chi connectivity index (χ1n) is 4.24. The lowest BCUT2D eigenvalue weighted by atomic mass is 10.3. The number of ether oxygens (including phenoxy) is 1. The third-order valence-electron chi connectivity index (χ3n) is 1.77. The molecule has 0 aliphatic rings. The molecule has 0 aliphatic carbocycles. The molecule has 2 aromatic heterocycles. The SMILES string of the molecule is [2H]c1cc2[nH]c(C(=O)OC)cc2cn1. The normalized spacial score (nSPS) is 11.3. The van der Waals surface area contributed by atoms with Crippen LogP contribution in [0.5, 0.6) is 0 Å². The molecule has 0 aromatic carbocycles. The average Bonchev–Trinajstić information content (AvgIpc) is 2.59. The van der Waals surface area contributed by atoms with Gasteiger partial charge in [-0.2, -0.15) is 0 Å². The summed E-state index contributed by atoms with van der Waals surface area (Å²) >= 11 is 0. The van der Waals surface area contributed by atoms with Crippen molar-refractivity contribution in [1.29, 1.82) is 0 Å². The first kappa shape index (κ1) is 6.65. The molecule has 0 saturated carbocycles. The molecule has 0 amide bonds. The van der Waals surface area contributed by atoms with E-state index in [-0.39, 0.29) is 6.17 Å². The summed E-state index contributed by atoms with van der Waals surface area (Å²) in [5.41, 5.74) is 1.08. The summed E-state index contributed by atoms with van der Waals surface area (Å²) in [6, 6.07) is 3.20. The van der Waals surface area contributed by atoms with Crippen molar-refractivity contribution in [3.05, 3.63) is 30.2 Å². The van der Waals surface area contributed by atoms with Gasteiger partial charge in [-0.25, -0.2) is 4.79 Å². The van der Waals surface area contributed by atoms with Crippen molar-refractivity contribution in [3.63, 3.8) is 0 Å². The molecule has 0 aliphatic heterocycles. The number of H-pyrrole nitrogens is 1. The van der Waals surface area contributed by atoms with Crippen LogP contribution in [0.4, 0.5) is 0 Å². The van der Waals surface area contributed by atoms with E-state index in [4.69, 9.17) is 1.37 Å². The molecule has 0 saturated heterocycles. The van der Waals surface area contributed by atoms with Crippen LogP contribution < -0.4 is 0 Å². The van der Waals surface area contributed by atoms with Gasteiger partial charge in [-0.1, -0.05) is 0 Å². The second-order valence-corrected chi connectivity index (χ2v) is 2.58. The molecule has 0 unspecified atom stereocenters. The molecule has 4 nitrogen and oxygen atoms in total. The number of hydrogen-bond donors (Lipinski definition) is 1. The molecular formula is C9H8N2O2. The minimum absolute atomic E-state index is 0.163. The van der Waals surface area contributed by atoms with E-state index in [1.165, 1.54) is 7.11 Å². The van der Waals surface area contributed by atoms with Crippen molar-refractivity contribution in [2.24, 2.45) is 0 Å². The Morgan fingerprint density at radius 3 is 3.38 bits per heavy atom. The van der Waals surface area contributed by atoms with Crippen molar-refractivity contribution in [2.75, 3.05) is 7.11 Å². The number of esters is 1. The number of aromatic amines is 1. The van der Waals surface area contributed by atoms with Crippen LogP contribution in [0.1, 0.15) is 11.9 Å². The number of aromatic nitrogens is 2. The smallest absolute Gasteiger partial charge is 0.354 e. The lowest BCUT2D eigenvalue weighted by Crippen LogP contribution is -2.00. The summed E-state index contributed by atoms with van der Waals surface area (Å²) in [6.45, 7) is 0. The molecule has 1 N–H and O–H groups in total. The van der Waals surface area contributed by atoms with Crippen LogP contribution in [0.15, 0.2) is 24.5 Å². The van der Waals surface area contributed by atoms with E-state index >= 15 is 0 Å². The third-order valence-corrected chi connectivity index (χ3v) is 1.77. The van der Waals surface area contributed by atoms with Crippen LogP contribution in [-0.4, -0.2) is 23.0 Å². The minimum Gasteiger partial charge on any atom is -0.464 e. The lowest BCUT2D eigenvalue weighted by molar-refractivity contribution is 0.0595. The van der Waals surface area contributed by atoms with E-state index in [1.807, 2.05) is 0 Å². The van der Waals surface area contributed by atoms with Gasteiger partial charge in [-0.3, -0.25) is 4.98 Å². The van der Waals surface area contributed by atoms with Crippen LogP contribution in [-0.2, 0) is 4.74 Å². The van der Waals surface area contributed by atoms with Crippen molar-refractivity contribution >= 4 is 16.9 Å². The number of carbonyl (C=O) groups is 1. The number of fused-ring (bicyclic) bond motifs is 1. The van der Waals surface area contributed by atoms with Gasteiger partial charge in [0.05, 0.1) is 8.48 Å². The Bertz CT molecular complexity index is 493. The summed E-state index contributed by atoms with van der Waals surface area (Å²) in [7, 11) is 1.32. The van der Waals surface area contributed by atoms with Crippen LogP contribution >= 0.6 is 0 Å². The van der Waals surface area contributed by atoms with Gasteiger partial charge >= 0.3 is 5.97 Å². The first-order chi connectivity index (χ1) is 6.70. The Balaban J connectivity index is 2.56. The molecule has 2 aromatic rings. The molecule has 4 heteroatoms. The number of rotatable bonds is 1. The highest BCUT2D eigenvalue weighted by atomic mass is 16.5. The standard InChI is InChI=1S/C9H8N2O2/c1-13-9(12)8-4-6-5-10-3-2-7(6)11-8/h2-5,11H,1H3/i3D. The first-order valence-corrected chi connectivity index (χ1v) is 3.74. The predicted octanol–water partition coefficient (Wildman–Crippen LogP) is 1.35. The lowest BCUT2D eigenvalue weighted by Gasteiger charge is -1.91. The summed E-state index contributed by atoms with van der Waals surface area (Å²) in [5, 5.41) is 0.793. The zero-order valence-electron chi connectivity index (χ0n) is 8.00. The number of carbonyl (C=O) groups excluding carboxylic acids is 1. The highest BCUT2D eigenvalue weighted by molar-refractivity contribution is 5.94. The summed E-state index contributed by atoms with van der Waals surface area (Å²) in [4.78, 5) is 17.8. The van der Waals surface area contributed by atoms with Crippen LogP contribution in [0, 0.1) is 0 Å². The largest absolute Gasteiger partial charge is 0.464 e. The monoisotopic (exact) mass is 177 g/mol. The van der Waals surface area contributed by atoms with Crippen LogP contribution in [0.2, 0.25) is 0 Å². The fourth-order valence-corrected chi connectivity index (χ4v) is 1.14. The molecule has 2 rings (SSSR count). The molecule has 0 spiro atoms. The summed E-state index contributed by atoms with van der Waals surface area (Å²) in [6.07, 6.45) is 1.71. The Hall–Kier alpha value is -1.84. The minimum atomic E-state index is -0.423. The molecular weight excluding hydrogens is 168 g/mol. The van der Waals surface area contributed by atoms with Crippen molar-refractivity contribution in [1.82, 2.24) is 9.97 Å². The van der Waals surface area contributed by atoms with E-state index in [9.17, 15) is 4.79 Å². The number of hydrogen-bond acceptors (Lipinski definition) is 3. The maximum absolute atomic E-state index is 11.1. The maximum atomic E-state index is 11.1. The Kier molecular flexibility index (Phi) is 1.48. The zero-order chi connectivity index (χ0) is 10.1. The summed E-state index contributed by atoms with van der Waals surface area (Å²) in [5.74, 6) is -0.423. The van der Waals surface area contributed by atoms with E-state index in [0.29, 0.717) is 11.2 Å². The second kappa shape index (κ2) is 2.90. The van der Waals surface area contributed by atoms with Gasteiger partial charge in [-0.05, 0) is 12.1 Å². The molecule has 0 bridgehead atoms. The fourth-order valence-electron chi connectivity index (χ4n) is 1.14. The van der Waals surface area contributed by atoms with Gasteiger partial charge in [0.25, 0.3) is 0 Å². The Morgan fingerprint density at radius 2 is 2.62 bits per heavy atom. The molecule has 0 radical (unpaired) electrons. The maximum Gasteiger partial charge on any atom is 0.354 e. The molecule has 13 heavy (non-hydrogen) atoms. The van der Waals surface area contributed by atoms with Crippen LogP contribution in [0.3, 0.4) is 0 Å². The third kappa shape index (κ3) is 1.26. The zero-order valence-corrected chi connectivity index (χ0v) is 7.00. The fraction of sp³-hybridized carbons (Fsp3) is 0.111. The highest BCUT2D eigenvalue weighted by Gasteiger charge is 2.08. The Labute approximate surface area is 76.0 Å². The second-order valence-electron chi connectivity index (χ2n) is 2.58.